The Labute approximate surface area is 110 Å². The molecule has 106 valence electrons. The molecule has 2 unspecified atom stereocenters. The third-order valence-electron chi connectivity index (χ3n) is 3.19. The van der Waals surface area contributed by atoms with E-state index in [0.29, 0.717) is 13.1 Å². The standard InChI is InChI=1S/C13H18F2N2O2/c14-13(15)19-11-3-1-9(2-4-11)5-16-6-10-7-17-8-12(10)18/h1-4,10,12-13,16-18H,5-8H2. The van der Waals surface area contributed by atoms with Crippen molar-refractivity contribution in [3.05, 3.63) is 29.8 Å². The lowest BCUT2D eigenvalue weighted by Crippen LogP contribution is -2.30. The first kappa shape index (κ1) is 14.2. The molecule has 0 spiro atoms. The molecule has 2 atom stereocenters. The highest BCUT2D eigenvalue weighted by molar-refractivity contribution is 5.27. The third-order valence-corrected chi connectivity index (χ3v) is 3.19. The fraction of sp³-hybridized carbons (Fsp3) is 0.538. The van der Waals surface area contributed by atoms with Crippen molar-refractivity contribution in [2.24, 2.45) is 5.92 Å². The zero-order valence-electron chi connectivity index (χ0n) is 10.5. The molecule has 1 aliphatic heterocycles. The van der Waals surface area contributed by atoms with E-state index in [1.807, 2.05) is 0 Å². The van der Waals surface area contributed by atoms with E-state index in [0.717, 1.165) is 18.7 Å². The van der Waals surface area contributed by atoms with Crippen LogP contribution in [0.15, 0.2) is 24.3 Å². The molecule has 1 heterocycles. The topological polar surface area (TPSA) is 53.5 Å². The molecule has 1 aliphatic rings. The van der Waals surface area contributed by atoms with Crippen molar-refractivity contribution in [2.75, 3.05) is 19.6 Å². The van der Waals surface area contributed by atoms with Crippen LogP contribution in [0.1, 0.15) is 5.56 Å². The Kier molecular flexibility index (Phi) is 5.07. The van der Waals surface area contributed by atoms with Crippen LogP contribution in [0.3, 0.4) is 0 Å². The first-order chi connectivity index (χ1) is 9.15. The second-order valence-electron chi connectivity index (χ2n) is 4.64. The smallest absolute Gasteiger partial charge is 0.387 e. The molecule has 0 aliphatic carbocycles. The quantitative estimate of drug-likeness (QED) is 0.722. The van der Waals surface area contributed by atoms with E-state index in [1.54, 1.807) is 12.1 Å². The molecule has 2 rings (SSSR count). The lowest BCUT2D eigenvalue weighted by molar-refractivity contribution is -0.0498. The summed E-state index contributed by atoms with van der Waals surface area (Å²) < 4.78 is 28.2. The highest BCUT2D eigenvalue weighted by atomic mass is 19.3. The van der Waals surface area contributed by atoms with Gasteiger partial charge in [0.25, 0.3) is 0 Å². The zero-order chi connectivity index (χ0) is 13.7. The summed E-state index contributed by atoms with van der Waals surface area (Å²) in [5.41, 5.74) is 0.988. The molecule has 0 amide bonds. The maximum Gasteiger partial charge on any atom is 0.387 e. The number of ether oxygens (including phenoxy) is 1. The molecule has 0 bridgehead atoms. The summed E-state index contributed by atoms with van der Waals surface area (Å²) in [6.45, 7) is 0.0310. The molecule has 1 fully saturated rings. The Morgan fingerprint density at radius 1 is 1.32 bits per heavy atom. The Hall–Kier alpha value is -1.24. The second kappa shape index (κ2) is 6.79. The molecular weight excluding hydrogens is 254 g/mol. The fourth-order valence-electron chi connectivity index (χ4n) is 2.12. The molecule has 0 saturated carbocycles. The van der Waals surface area contributed by atoms with Crippen LogP contribution < -0.4 is 15.4 Å². The number of aliphatic hydroxyl groups excluding tert-OH is 1. The highest BCUT2D eigenvalue weighted by Crippen LogP contribution is 2.15. The van der Waals surface area contributed by atoms with Gasteiger partial charge in [-0.25, -0.2) is 0 Å². The van der Waals surface area contributed by atoms with Crippen LogP contribution in [0.4, 0.5) is 8.78 Å². The summed E-state index contributed by atoms with van der Waals surface area (Å²) in [6, 6.07) is 6.53. The van der Waals surface area contributed by atoms with Gasteiger partial charge in [0.05, 0.1) is 6.10 Å². The normalized spacial score (nSPS) is 22.9. The Morgan fingerprint density at radius 2 is 2.05 bits per heavy atom. The second-order valence-corrected chi connectivity index (χ2v) is 4.64. The Bertz CT molecular complexity index is 387. The van der Waals surface area contributed by atoms with E-state index in [1.165, 1.54) is 12.1 Å². The van der Waals surface area contributed by atoms with Crippen molar-refractivity contribution in [1.82, 2.24) is 10.6 Å². The Morgan fingerprint density at radius 3 is 2.63 bits per heavy atom. The van der Waals surface area contributed by atoms with Crippen molar-refractivity contribution in [2.45, 2.75) is 19.3 Å². The number of hydrogen-bond donors (Lipinski definition) is 3. The number of nitrogens with one attached hydrogen (secondary N) is 2. The van der Waals surface area contributed by atoms with E-state index < -0.39 is 6.61 Å². The van der Waals surface area contributed by atoms with Crippen molar-refractivity contribution in [1.29, 1.82) is 0 Å². The van der Waals surface area contributed by atoms with E-state index in [2.05, 4.69) is 15.4 Å². The van der Waals surface area contributed by atoms with Crippen LogP contribution in [0.5, 0.6) is 5.75 Å². The van der Waals surface area contributed by atoms with Crippen molar-refractivity contribution in [3.63, 3.8) is 0 Å². The first-order valence-electron chi connectivity index (χ1n) is 6.28. The molecular formula is C13H18F2N2O2. The molecule has 0 aromatic heterocycles. The average Bonchev–Trinajstić information content (AvgIpc) is 2.77. The van der Waals surface area contributed by atoms with E-state index in [9.17, 15) is 13.9 Å². The molecule has 1 aromatic rings. The summed E-state index contributed by atoms with van der Waals surface area (Å²) in [6.07, 6.45) is -0.297. The van der Waals surface area contributed by atoms with Gasteiger partial charge in [-0.3, -0.25) is 0 Å². The summed E-state index contributed by atoms with van der Waals surface area (Å²) in [4.78, 5) is 0. The maximum atomic E-state index is 12.0. The van der Waals surface area contributed by atoms with Crippen LogP contribution >= 0.6 is 0 Å². The number of alkyl halides is 2. The van der Waals surface area contributed by atoms with Gasteiger partial charge >= 0.3 is 6.61 Å². The van der Waals surface area contributed by atoms with Crippen molar-refractivity contribution < 1.29 is 18.6 Å². The maximum absolute atomic E-state index is 12.0. The number of rotatable bonds is 6. The number of β-amino-alcohol motifs (C(OH)–C–C–N with tert-alkyl or cyclic N) is 1. The molecule has 1 aromatic carbocycles. The van der Waals surface area contributed by atoms with Gasteiger partial charge in [0.2, 0.25) is 0 Å². The third kappa shape index (κ3) is 4.41. The SMILES string of the molecule is OC1CNCC1CNCc1ccc(OC(F)F)cc1. The zero-order valence-corrected chi connectivity index (χ0v) is 10.5. The number of aliphatic hydroxyl groups is 1. The van der Waals surface area contributed by atoms with Gasteiger partial charge in [0.15, 0.2) is 0 Å². The van der Waals surface area contributed by atoms with E-state index in [-0.39, 0.29) is 17.8 Å². The lowest BCUT2D eigenvalue weighted by atomic mass is 10.1. The van der Waals surface area contributed by atoms with Crippen LogP contribution in [0, 0.1) is 5.92 Å². The van der Waals surface area contributed by atoms with Crippen LogP contribution in [0.2, 0.25) is 0 Å². The predicted octanol–water partition coefficient (Wildman–Crippen LogP) is 0.958. The van der Waals surface area contributed by atoms with Gasteiger partial charge in [0.1, 0.15) is 5.75 Å². The Balaban J connectivity index is 1.73. The molecule has 0 radical (unpaired) electrons. The minimum absolute atomic E-state index is 0.161. The van der Waals surface area contributed by atoms with Gasteiger partial charge in [-0.15, -0.1) is 0 Å². The van der Waals surface area contributed by atoms with Crippen molar-refractivity contribution >= 4 is 0 Å². The van der Waals surface area contributed by atoms with Crippen LogP contribution in [-0.4, -0.2) is 37.5 Å². The molecule has 19 heavy (non-hydrogen) atoms. The molecule has 6 heteroatoms. The molecule has 4 nitrogen and oxygen atoms in total. The first-order valence-corrected chi connectivity index (χ1v) is 6.28. The average molecular weight is 272 g/mol. The number of benzene rings is 1. The highest BCUT2D eigenvalue weighted by Gasteiger charge is 2.23. The minimum Gasteiger partial charge on any atom is -0.435 e. The van der Waals surface area contributed by atoms with Gasteiger partial charge in [-0.1, -0.05) is 12.1 Å². The van der Waals surface area contributed by atoms with Gasteiger partial charge < -0.3 is 20.5 Å². The van der Waals surface area contributed by atoms with Gasteiger partial charge in [0, 0.05) is 32.1 Å². The summed E-state index contributed by atoms with van der Waals surface area (Å²) in [5.74, 6) is 0.385. The van der Waals surface area contributed by atoms with Gasteiger partial charge in [-0.05, 0) is 17.7 Å². The number of hydrogen-bond acceptors (Lipinski definition) is 4. The monoisotopic (exact) mass is 272 g/mol. The predicted molar refractivity (Wildman–Crippen MR) is 67.1 cm³/mol. The molecule has 3 N–H and O–H groups in total. The summed E-state index contributed by atoms with van der Waals surface area (Å²) >= 11 is 0. The van der Waals surface area contributed by atoms with E-state index >= 15 is 0 Å². The summed E-state index contributed by atoms with van der Waals surface area (Å²) in [5, 5.41) is 16.0. The van der Waals surface area contributed by atoms with Gasteiger partial charge in [-0.2, -0.15) is 8.78 Å². The fourth-order valence-corrected chi connectivity index (χ4v) is 2.12. The van der Waals surface area contributed by atoms with Crippen LogP contribution in [-0.2, 0) is 6.54 Å². The largest absolute Gasteiger partial charge is 0.435 e. The summed E-state index contributed by atoms with van der Waals surface area (Å²) in [7, 11) is 0. The molecule has 1 saturated heterocycles. The lowest BCUT2D eigenvalue weighted by Gasteiger charge is -2.14. The number of halogens is 2. The van der Waals surface area contributed by atoms with Crippen molar-refractivity contribution in [3.8, 4) is 5.75 Å². The van der Waals surface area contributed by atoms with Crippen LogP contribution in [0.25, 0.3) is 0 Å². The van der Waals surface area contributed by atoms with E-state index in [4.69, 9.17) is 0 Å². The minimum atomic E-state index is -2.79.